The highest BCUT2D eigenvalue weighted by atomic mass is 79.9. The summed E-state index contributed by atoms with van der Waals surface area (Å²) >= 11 is 3.46. The molecule has 0 radical (unpaired) electrons. The SMILES string of the molecule is CC(C)(O)C1CCN(c2ncc3cc(Br)ccc3n2)CC1. The molecule has 1 aliphatic heterocycles. The molecule has 2 heterocycles. The Morgan fingerprint density at radius 1 is 1.29 bits per heavy atom. The molecule has 1 fully saturated rings. The minimum Gasteiger partial charge on any atom is -0.390 e. The number of aliphatic hydroxyl groups is 1. The topological polar surface area (TPSA) is 49.2 Å². The second-order valence-electron chi connectivity index (χ2n) is 6.29. The van der Waals surface area contributed by atoms with Crippen molar-refractivity contribution in [2.45, 2.75) is 32.3 Å². The lowest BCUT2D eigenvalue weighted by atomic mass is 9.83. The van der Waals surface area contributed by atoms with Crippen LogP contribution < -0.4 is 4.90 Å². The van der Waals surface area contributed by atoms with Gasteiger partial charge < -0.3 is 10.0 Å². The van der Waals surface area contributed by atoms with Gasteiger partial charge in [0.1, 0.15) is 0 Å². The van der Waals surface area contributed by atoms with Gasteiger partial charge in [0.15, 0.2) is 0 Å². The molecule has 1 aromatic heterocycles. The van der Waals surface area contributed by atoms with Gasteiger partial charge in [-0.1, -0.05) is 15.9 Å². The van der Waals surface area contributed by atoms with Gasteiger partial charge in [-0.2, -0.15) is 0 Å². The Bertz CT molecular complexity index is 646. The number of benzene rings is 1. The molecule has 112 valence electrons. The molecule has 4 nitrogen and oxygen atoms in total. The van der Waals surface area contributed by atoms with Crippen LogP contribution in [0.15, 0.2) is 28.9 Å². The van der Waals surface area contributed by atoms with Gasteiger partial charge in [-0.05, 0) is 50.8 Å². The van der Waals surface area contributed by atoms with Crippen LogP contribution in [-0.4, -0.2) is 33.8 Å². The maximum atomic E-state index is 10.1. The van der Waals surface area contributed by atoms with Gasteiger partial charge in [0, 0.05) is 29.1 Å². The minimum atomic E-state index is -0.595. The Balaban J connectivity index is 1.78. The molecule has 0 amide bonds. The Morgan fingerprint density at radius 3 is 2.67 bits per heavy atom. The lowest BCUT2D eigenvalue weighted by Gasteiger charge is -2.37. The quantitative estimate of drug-likeness (QED) is 0.902. The molecule has 1 N–H and O–H groups in total. The zero-order chi connectivity index (χ0) is 15.0. The number of nitrogens with zero attached hydrogens (tertiary/aromatic N) is 3. The fraction of sp³-hybridized carbons (Fsp3) is 0.500. The number of hydrogen-bond donors (Lipinski definition) is 1. The van der Waals surface area contributed by atoms with Crippen LogP contribution in [0.3, 0.4) is 0 Å². The molecule has 1 aliphatic rings. The smallest absolute Gasteiger partial charge is 0.225 e. The molecular weight excluding hydrogens is 330 g/mol. The largest absolute Gasteiger partial charge is 0.390 e. The standard InChI is InChI=1S/C16H20BrN3O/c1-16(2,21)12-5-7-20(8-6-12)15-18-10-11-9-13(17)3-4-14(11)19-15/h3-4,9-10,12,21H,5-8H2,1-2H3. The Morgan fingerprint density at radius 2 is 2.00 bits per heavy atom. The molecule has 0 spiro atoms. The molecular formula is C16H20BrN3O. The van der Waals surface area contributed by atoms with Gasteiger partial charge >= 0.3 is 0 Å². The van der Waals surface area contributed by atoms with Crippen molar-refractivity contribution in [3.05, 3.63) is 28.9 Å². The van der Waals surface area contributed by atoms with E-state index < -0.39 is 5.60 Å². The first-order valence-corrected chi connectivity index (χ1v) is 8.12. The van der Waals surface area contributed by atoms with Gasteiger partial charge in [-0.25, -0.2) is 9.97 Å². The number of halogens is 1. The first kappa shape index (κ1) is 14.7. The minimum absolute atomic E-state index is 0.352. The summed E-state index contributed by atoms with van der Waals surface area (Å²) in [6.45, 7) is 5.60. The average Bonchev–Trinajstić information content (AvgIpc) is 2.46. The second-order valence-corrected chi connectivity index (χ2v) is 7.20. The van der Waals surface area contributed by atoms with Gasteiger partial charge in [-0.15, -0.1) is 0 Å². The van der Waals surface area contributed by atoms with Crippen LogP contribution >= 0.6 is 15.9 Å². The van der Waals surface area contributed by atoms with Gasteiger partial charge in [0.05, 0.1) is 11.1 Å². The second kappa shape index (κ2) is 5.54. The number of fused-ring (bicyclic) bond motifs is 1. The van der Waals surface area contributed by atoms with Crippen molar-refractivity contribution >= 4 is 32.8 Å². The summed E-state index contributed by atoms with van der Waals surface area (Å²) in [7, 11) is 0. The average molecular weight is 350 g/mol. The van der Waals surface area contributed by atoms with E-state index in [1.165, 1.54) is 0 Å². The third kappa shape index (κ3) is 3.19. The summed E-state index contributed by atoms with van der Waals surface area (Å²) in [5.74, 6) is 1.14. The lowest BCUT2D eigenvalue weighted by molar-refractivity contribution is 0.00640. The summed E-state index contributed by atoms with van der Waals surface area (Å²) in [5.41, 5.74) is 0.371. The van der Waals surface area contributed by atoms with E-state index in [1.807, 2.05) is 38.2 Å². The summed E-state index contributed by atoms with van der Waals surface area (Å²) in [4.78, 5) is 11.4. The van der Waals surface area contributed by atoms with E-state index in [2.05, 4.69) is 30.8 Å². The molecule has 0 saturated carbocycles. The van der Waals surface area contributed by atoms with Crippen LogP contribution in [0.25, 0.3) is 10.9 Å². The lowest BCUT2D eigenvalue weighted by Crippen LogP contribution is -2.42. The molecule has 2 aromatic rings. The number of aromatic nitrogens is 2. The summed E-state index contributed by atoms with van der Waals surface area (Å²) in [6.07, 6.45) is 3.83. The van der Waals surface area contributed by atoms with Crippen molar-refractivity contribution in [3.8, 4) is 0 Å². The molecule has 1 aromatic carbocycles. The van der Waals surface area contributed by atoms with E-state index in [0.717, 1.165) is 47.3 Å². The first-order chi connectivity index (χ1) is 9.93. The zero-order valence-electron chi connectivity index (χ0n) is 12.4. The fourth-order valence-corrected chi connectivity index (χ4v) is 3.31. The van der Waals surface area contributed by atoms with Gasteiger partial charge in [0.2, 0.25) is 5.95 Å². The summed E-state index contributed by atoms with van der Waals surface area (Å²) in [6, 6.07) is 6.04. The molecule has 0 bridgehead atoms. The molecule has 0 aliphatic carbocycles. The van der Waals surface area contributed by atoms with Crippen molar-refractivity contribution in [2.24, 2.45) is 5.92 Å². The van der Waals surface area contributed by atoms with Crippen LogP contribution in [0, 0.1) is 5.92 Å². The maximum absolute atomic E-state index is 10.1. The Labute approximate surface area is 133 Å². The van der Waals surface area contributed by atoms with Crippen molar-refractivity contribution in [1.29, 1.82) is 0 Å². The van der Waals surface area contributed by atoms with Crippen molar-refractivity contribution < 1.29 is 5.11 Å². The molecule has 5 heteroatoms. The van der Waals surface area contributed by atoms with Crippen LogP contribution in [-0.2, 0) is 0 Å². The monoisotopic (exact) mass is 349 g/mol. The van der Waals surface area contributed by atoms with Crippen LogP contribution in [0.5, 0.6) is 0 Å². The highest BCUT2D eigenvalue weighted by Gasteiger charge is 2.31. The fourth-order valence-electron chi connectivity index (χ4n) is 2.93. The molecule has 0 unspecified atom stereocenters. The van der Waals surface area contributed by atoms with E-state index in [0.29, 0.717) is 5.92 Å². The van der Waals surface area contributed by atoms with Crippen molar-refractivity contribution in [3.63, 3.8) is 0 Å². The van der Waals surface area contributed by atoms with Crippen molar-refractivity contribution in [2.75, 3.05) is 18.0 Å². The normalized spacial score (nSPS) is 17.4. The number of rotatable bonds is 2. The van der Waals surface area contributed by atoms with Crippen molar-refractivity contribution in [1.82, 2.24) is 9.97 Å². The summed E-state index contributed by atoms with van der Waals surface area (Å²) in [5, 5.41) is 11.2. The van der Waals surface area contributed by atoms with E-state index in [9.17, 15) is 5.11 Å². The number of hydrogen-bond acceptors (Lipinski definition) is 4. The van der Waals surface area contributed by atoms with Gasteiger partial charge in [-0.3, -0.25) is 0 Å². The highest BCUT2D eigenvalue weighted by Crippen LogP contribution is 2.29. The third-order valence-electron chi connectivity index (χ3n) is 4.31. The third-order valence-corrected chi connectivity index (χ3v) is 4.80. The first-order valence-electron chi connectivity index (χ1n) is 7.33. The maximum Gasteiger partial charge on any atom is 0.225 e. The molecule has 1 saturated heterocycles. The Hall–Kier alpha value is -1.20. The van der Waals surface area contributed by atoms with Crippen LogP contribution in [0.1, 0.15) is 26.7 Å². The van der Waals surface area contributed by atoms with E-state index >= 15 is 0 Å². The zero-order valence-corrected chi connectivity index (χ0v) is 14.0. The summed E-state index contributed by atoms with van der Waals surface area (Å²) < 4.78 is 1.04. The predicted octanol–water partition coefficient (Wildman–Crippen LogP) is 3.38. The Kier molecular flexibility index (Phi) is 3.88. The van der Waals surface area contributed by atoms with E-state index in [-0.39, 0.29) is 0 Å². The van der Waals surface area contributed by atoms with Crippen LogP contribution in [0.2, 0.25) is 0 Å². The number of piperidine rings is 1. The van der Waals surface area contributed by atoms with E-state index in [1.54, 1.807) is 0 Å². The van der Waals surface area contributed by atoms with E-state index in [4.69, 9.17) is 0 Å². The van der Waals surface area contributed by atoms with Crippen LogP contribution in [0.4, 0.5) is 5.95 Å². The predicted molar refractivity (Wildman–Crippen MR) is 88.5 cm³/mol. The molecule has 21 heavy (non-hydrogen) atoms. The van der Waals surface area contributed by atoms with Gasteiger partial charge in [0.25, 0.3) is 0 Å². The molecule has 3 rings (SSSR count). The highest BCUT2D eigenvalue weighted by molar-refractivity contribution is 9.10. The molecule has 0 atom stereocenters. The number of anilines is 1.